The minimum Gasteiger partial charge on any atom is -0.393 e. The van der Waals surface area contributed by atoms with E-state index in [4.69, 9.17) is 5.14 Å². The maximum absolute atomic E-state index is 12.9. The number of ketones is 1. The molecule has 160 valence electrons. The van der Waals surface area contributed by atoms with Gasteiger partial charge in [0.25, 0.3) is 0 Å². The van der Waals surface area contributed by atoms with E-state index < -0.39 is 28.2 Å². The summed E-state index contributed by atoms with van der Waals surface area (Å²) >= 11 is 0.811. The van der Waals surface area contributed by atoms with Crippen molar-refractivity contribution in [2.75, 3.05) is 11.9 Å². The maximum atomic E-state index is 12.9. The number of Topliss-reactive ketones (excluding diaryl/α,β-unsaturated/α-hetero) is 1. The molecule has 0 saturated carbocycles. The van der Waals surface area contributed by atoms with Crippen LogP contribution in [0.15, 0.2) is 20.8 Å². The highest BCUT2D eigenvalue weighted by Crippen LogP contribution is 2.38. The Labute approximate surface area is 177 Å². The first-order valence-electron chi connectivity index (χ1n) is 9.48. The number of carbonyl (C=O) groups excluding carboxylic acids is 2. The first-order chi connectivity index (χ1) is 14.1. The van der Waals surface area contributed by atoms with Crippen LogP contribution in [0.5, 0.6) is 0 Å². The number of nitrogens with zero attached hydrogens (tertiary/aromatic N) is 2. The highest BCUT2D eigenvalue weighted by atomic mass is 32.2. The summed E-state index contributed by atoms with van der Waals surface area (Å²) < 4.78 is 16.5. The smallest absolute Gasteiger partial charge is 0.354 e. The van der Waals surface area contributed by atoms with Gasteiger partial charge in [0.05, 0.1) is 18.5 Å². The van der Waals surface area contributed by atoms with Gasteiger partial charge < -0.3 is 15.5 Å². The van der Waals surface area contributed by atoms with E-state index in [-0.39, 0.29) is 15.0 Å². The molecule has 2 aliphatic carbocycles. The third kappa shape index (κ3) is 3.67. The minimum absolute atomic E-state index is 0.000899. The summed E-state index contributed by atoms with van der Waals surface area (Å²) in [7, 11) is -3.63. The van der Waals surface area contributed by atoms with Crippen molar-refractivity contribution >= 4 is 38.8 Å². The van der Waals surface area contributed by atoms with Crippen LogP contribution in [0.3, 0.4) is 0 Å². The Bertz CT molecular complexity index is 1180. The van der Waals surface area contributed by atoms with Gasteiger partial charge in [-0.3, -0.25) is 4.79 Å². The lowest BCUT2D eigenvalue weighted by Gasteiger charge is -2.16. The van der Waals surface area contributed by atoms with E-state index in [2.05, 4.69) is 14.7 Å². The molecule has 2 aromatic rings. The molecule has 9 nitrogen and oxygen atoms in total. The lowest BCUT2D eigenvalue weighted by atomic mass is 9.98. The van der Waals surface area contributed by atoms with Crippen LogP contribution in [0.1, 0.15) is 51.8 Å². The molecule has 0 spiro atoms. The van der Waals surface area contributed by atoms with Crippen molar-refractivity contribution in [1.29, 1.82) is 0 Å². The number of amides is 2. The lowest BCUT2D eigenvalue weighted by molar-refractivity contribution is -0.00244. The monoisotopic (exact) mass is 450 g/mol. The third-order valence-corrected chi connectivity index (χ3v) is 8.50. The van der Waals surface area contributed by atoms with Crippen molar-refractivity contribution in [3.63, 3.8) is 0 Å². The SMILES string of the molecule is CC(O)(CO)c1ncc([S@](N)(=O)=NC(=O)Nc2c3c(cc4c2C(=O)CC4)CCC3)s1. The van der Waals surface area contributed by atoms with Gasteiger partial charge in [0.2, 0.25) is 0 Å². The number of aromatic nitrogens is 1. The minimum atomic E-state index is -3.63. The average molecular weight is 451 g/mol. The average Bonchev–Trinajstić information content (AvgIpc) is 3.41. The van der Waals surface area contributed by atoms with Crippen molar-refractivity contribution in [3.8, 4) is 0 Å². The van der Waals surface area contributed by atoms with Gasteiger partial charge in [0, 0.05) is 12.0 Å². The first-order valence-corrected chi connectivity index (χ1v) is 11.9. The largest absolute Gasteiger partial charge is 0.393 e. The van der Waals surface area contributed by atoms with Crippen LogP contribution in [0.2, 0.25) is 0 Å². The van der Waals surface area contributed by atoms with Gasteiger partial charge in [-0.1, -0.05) is 6.07 Å². The highest BCUT2D eigenvalue weighted by molar-refractivity contribution is 7.93. The summed E-state index contributed by atoms with van der Waals surface area (Å²) in [4.78, 5) is 28.9. The number of anilines is 1. The Morgan fingerprint density at radius 3 is 2.87 bits per heavy atom. The van der Waals surface area contributed by atoms with E-state index in [9.17, 15) is 24.0 Å². The number of benzene rings is 1. The predicted octanol–water partition coefficient (Wildman–Crippen LogP) is 1.89. The number of hydrogen-bond acceptors (Lipinski definition) is 7. The summed E-state index contributed by atoms with van der Waals surface area (Å²) in [6.45, 7) is 0.771. The summed E-state index contributed by atoms with van der Waals surface area (Å²) in [5.41, 5.74) is 2.32. The third-order valence-electron chi connectivity index (χ3n) is 5.37. The number of thiazole rings is 1. The second-order valence-corrected chi connectivity index (χ2v) is 10.8. The topological polar surface area (TPSA) is 155 Å². The van der Waals surface area contributed by atoms with Crippen molar-refractivity contribution in [3.05, 3.63) is 39.5 Å². The molecule has 11 heteroatoms. The van der Waals surface area contributed by atoms with Crippen LogP contribution in [-0.2, 0) is 34.8 Å². The molecular formula is C19H22N4O5S2. The summed E-state index contributed by atoms with van der Waals surface area (Å²) in [5, 5.41) is 27.9. The molecule has 1 aromatic heterocycles. The van der Waals surface area contributed by atoms with Crippen molar-refractivity contribution in [2.45, 2.75) is 48.8 Å². The van der Waals surface area contributed by atoms with Crippen molar-refractivity contribution < 1.29 is 24.0 Å². The van der Waals surface area contributed by atoms with Crippen LogP contribution in [0, 0.1) is 0 Å². The Morgan fingerprint density at radius 1 is 1.37 bits per heavy atom. The number of rotatable bonds is 4. The predicted molar refractivity (Wildman–Crippen MR) is 112 cm³/mol. The number of carbonyl (C=O) groups is 2. The molecule has 0 bridgehead atoms. The highest BCUT2D eigenvalue weighted by Gasteiger charge is 2.30. The van der Waals surface area contributed by atoms with Crippen LogP contribution in [0.25, 0.3) is 0 Å². The lowest BCUT2D eigenvalue weighted by Crippen LogP contribution is -2.25. The number of aliphatic hydroxyl groups is 2. The Hall–Kier alpha value is -2.18. The normalized spacial score (nSPS) is 19.0. The molecule has 30 heavy (non-hydrogen) atoms. The zero-order chi connectivity index (χ0) is 21.7. The van der Waals surface area contributed by atoms with Crippen molar-refractivity contribution in [1.82, 2.24) is 4.98 Å². The molecular weight excluding hydrogens is 428 g/mol. The quantitative estimate of drug-likeness (QED) is 0.557. The van der Waals surface area contributed by atoms with Crippen molar-refractivity contribution in [2.24, 2.45) is 9.50 Å². The number of nitrogens with one attached hydrogen (secondary N) is 1. The van der Waals surface area contributed by atoms with E-state index >= 15 is 0 Å². The van der Waals surface area contributed by atoms with Crippen LogP contribution in [0.4, 0.5) is 10.5 Å². The van der Waals surface area contributed by atoms with Gasteiger partial charge in [0.1, 0.15) is 14.8 Å². The van der Waals surface area contributed by atoms with Gasteiger partial charge in [-0.2, -0.15) is 0 Å². The number of aryl methyl sites for hydroxylation is 2. The molecule has 1 aromatic carbocycles. The fraction of sp³-hybridized carbons (Fsp3) is 0.421. The molecule has 2 atom stereocenters. The van der Waals surface area contributed by atoms with E-state index in [0.29, 0.717) is 24.1 Å². The molecule has 5 N–H and O–H groups in total. The zero-order valence-corrected chi connectivity index (χ0v) is 17.9. The molecule has 4 rings (SSSR count). The Morgan fingerprint density at radius 2 is 2.13 bits per heavy atom. The van der Waals surface area contributed by atoms with Gasteiger partial charge in [0.15, 0.2) is 15.7 Å². The van der Waals surface area contributed by atoms with E-state index in [1.54, 1.807) is 0 Å². The second kappa shape index (κ2) is 7.50. The second-order valence-electron chi connectivity index (χ2n) is 7.71. The zero-order valence-electron chi connectivity index (χ0n) is 16.3. The molecule has 2 amide bonds. The van der Waals surface area contributed by atoms with E-state index in [1.165, 1.54) is 13.1 Å². The van der Waals surface area contributed by atoms with E-state index in [1.807, 2.05) is 6.07 Å². The van der Waals surface area contributed by atoms with Gasteiger partial charge >= 0.3 is 6.03 Å². The molecule has 1 unspecified atom stereocenters. The number of urea groups is 1. The summed E-state index contributed by atoms with van der Waals surface area (Å²) in [6, 6.07) is 1.14. The summed E-state index contributed by atoms with van der Waals surface area (Å²) in [5.74, 6) is -0.0261. The molecule has 1 heterocycles. The fourth-order valence-electron chi connectivity index (χ4n) is 3.84. The number of hydrogen-bond donors (Lipinski definition) is 4. The van der Waals surface area contributed by atoms with Gasteiger partial charge in [-0.25, -0.2) is 19.1 Å². The van der Waals surface area contributed by atoms with Gasteiger partial charge in [-0.15, -0.1) is 15.7 Å². The Kier molecular flexibility index (Phi) is 5.27. The molecule has 0 saturated heterocycles. The first kappa shape index (κ1) is 21.1. The standard InChI is InChI=1S/C19H22N4O5S2/c1-19(27,9-24)17-21-8-14(29-17)30(20,28)23-18(26)22-16-12-4-2-3-10(12)7-11-5-6-13(25)15(11)16/h7-8,24,27H,2-6,9H2,1H3,(H3,20,22,23,26,28)/t19?,30-/m1/s1. The fourth-order valence-corrected chi connectivity index (χ4v) is 5.94. The number of nitrogens with two attached hydrogens (primary N) is 1. The van der Waals surface area contributed by atoms with E-state index in [0.717, 1.165) is 47.3 Å². The molecule has 0 aliphatic heterocycles. The van der Waals surface area contributed by atoms with Gasteiger partial charge in [-0.05, 0) is 49.3 Å². The van der Waals surface area contributed by atoms with Crippen LogP contribution >= 0.6 is 11.3 Å². The van der Waals surface area contributed by atoms with Crippen LogP contribution in [-0.4, -0.2) is 37.8 Å². The molecule has 2 aliphatic rings. The van der Waals surface area contributed by atoms with Crippen LogP contribution < -0.4 is 10.5 Å². The Balaban J connectivity index is 1.67. The molecule has 0 fully saturated rings. The summed E-state index contributed by atoms with van der Waals surface area (Å²) in [6.07, 6.45) is 4.79. The maximum Gasteiger partial charge on any atom is 0.354 e. The molecule has 0 radical (unpaired) electrons. The number of aliphatic hydroxyl groups excluding tert-OH is 1. The number of fused-ring (bicyclic) bond motifs is 2.